The van der Waals surface area contributed by atoms with E-state index in [0.717, 1.165) is 56.5 Å². The van der Waals surface area contributed by atoms with E-state index in [2.05, 4.69) is 25.7 Å². The minimum absolute atomic E-state index is 0.0917. The molecule has 0 aliphatic carbocycles. The van der Waals surface area contributed by atoms with Gasteiger partial charge in [0.1, 0.15) is 0 Å². The number of hydrogen-bond donors (Lipinski definition) is 1. The van der Waals surface area contributed by atoms with Gasteiger partial charge in [-0.1, -0.05) is 5.10 Å². The van der Waals surface area contributed by atoms with E-state index in [0.29, 0.717) is 0 Å². The highest BCUT2D eigenvalue weighted by Gasteiger charge is 2.25. The van der Waals surface area contributed by atoms with Crippen molar-refractivity contribution >= 4 is 23.7 Å². The number of anilines is 1. The van der Waals surface area contributed by atoms with Gasteiger partial charge < -0.3 is 15.1 Å². The average Bonchev–Trinajstić information content (AvgIpc) is 2.95. The van der Waals surface area contributed by atoms with E-state index in [4.69, 9.17) is 0 Å². The third kappa shape index (κ3) is 3.39. The topological polar surface area (TPSA) is 79.2 Å². The summed E-state index contributed by atoms with van der Waals surface area (Å²) in [5, 5.41) is 14.7. The number of thioether (sulfide) groups is 1. The Hall–Kier alpha value is -1.51. The number of nitrogens with zero attached hydrogens (tertiary/aromatic N) is 6. The van der Waals surface area contributed by atoms with Crippen molar-refractivity contribution in [1.29, 1.82) is 0 Å². The molecule has 8 nitrogen and oxygen atoms in total. The van der Waals surface area contributed by atoms with Crippen LogP contribution in [0, 0.1) is 0 Å². The van der Waals surface area contributed by atoms with E-state index in [1.807, 2.05) is 23.7 Å². The summed E-state index contributed by atoms with van der Waals surface area (Å²) in [7, 11) is 1.84. The Kier molecular flexibility index (Phi) is 4.47. The maximum atomic E-state index is 12.2. The van der Waals surface area contributed by atoms with Gasteiger partial charge in [0.15, 0.2) is 0 Å². The number of piperidine rings is 1. The molecule has 2 amide bonds. The fourth-order valence-corrected chi connectivity index (χ4v) is 3.65. The maximum Gasteiger partial charge on any atom is 0.317 e. The number of rotatable bonds is 2. The lowest BCUT2D eigenvalue weighted by molar-refractivity contribution is 0.196. The van der Waals surface area contributed by atoms with Crippen LogP contribution < -0.4 is 10.2 Å². The molecule has 2 aliphatic rings. The van der Waals surface area contributed by atoms with Crippen molar-refractivity contribution in [3.63, 3.8) is 0 Å². The molecular formula is C12H21N7OS. The molecule has 0 aromatic carbocycles. The van der Waals surface area contributed by atoms with Crippen LogP contribution in [0.2, 0.25) is 0 Å². The molecule has 0 spiro atoms. The zero-order chi connectivity index (χ0) is 14.7. The van der Waals surface area contributed by atoms with Crippen LogP contribution in [-0.4, -0.2) is 74.9 Å². The summed E-state index contributed by atoms with van der Waals surface area (Å²) in [5.74, 6) is 2.89. The first-order chi connectivity index (χ1) is 10.2. The summed E-state index contributed by atoms with van der Waals surface area (Å²) < 4.78 is 1.68. The minimum atomic E-state index is 0.0917. The van der Waals surface area contributed by atoms with Gasteiger partial charge in [0.2, 0.25) is 5.95 Å². The van der Waals surface area contributed by atoms with Crippen molar-refractivity contribution in [2.75, 3.05) is 42.6 Å². The smallest absolute Gasteiger partial charge is 0.317 e. The number of urea groups is 1. The minimum Gasteiger partial charge on any atom is -0.340 e. The summed E-state index contributed by atoms with van der Waals surface area (Å²) in [4.78, 5) is 16.3. The third-order valence-corrected chi connectivity index (χ3v) is 4.94. The van der Waals surface area contributed by atoms with Gasteiger partial charge in [-0.05, 0) is 23.3 Å². The van der Waals surface area contributed by atoms with Crippen LogP contribution in [-0.2, 0) is 7.05 Å². The number of aromatic nitrogens is 4. The second-order valence-electron chi connectivity index (χ2n) is 5.41. The normalized spacial score (nSPS) is 20.6. The molecule has 1 N–H and O–H groups in total. The standard InChI is InChI=1S/C12H21N7OS/c1-17-11(14-15-16-17)18-4-2-10(3-5-18)13-12(20)19-6-8-21-9-7-19/h10H,2-9H2,1H3,(H,13,20). The maximum absolute atomic E-state index is 12.2. The molecular weight excluding hydrogens is 290 g/mol. The second-order valence-corrected chi connectivity index (χ2v) is 6.64. The lowest BCUT2D eigenvalue weighted by Crippen LogP contribution is -2.51. The highest BCUT2D eigenvalue weighted by atomic mass is 32.2. The first-order valence-corrected chi connectivity index (χ1v) is 8.50. The van der Waals surface area contributed by atoms with Gasteiger partial charge in [0.05, 0.1) is 0 Å². The number of aryl methyl sites for hydroxylation is 1. The molecule has 116 valence electrons. The molecule has 1 aromatic heterocycles. The van der Waals surface area contributed by atoms with Crippen LogP contribution in [0.1, 0.15) is 12.8 Å². The van der Waals surface area contributed by atoms with Crippen molar-refractivity contribution in [2.24, 2.45) is 7.05 Å². The third-order valence-electron chi connectivity index (χ3n) is 4.00. The van der Waals surface area contributed by atoms with E-state index < -0.39 is 0 Å². The highest BCUT2D eigenvalue weighted by Crippen LogP contribution is 2.17. The number of carbonyl (C=O) groups excluding carboxylic acids is 1. The molecule has 0 unspecified atom stereocenters. The van der Waals surface area contributed by atoms with E-state index in [1.165, 1.54) is 0 Å². The monoisotopic (exact) mass is 311 g/mol. The van der Waals surface area contributed by atoms with E-state index in [1.54, 1.807) is 4.68 Å². The molecule has 0 saturated carbocycles. The lowest BCUT2D eigenvalue weighted by Gasteiger charge is -2.34. The first-order valence-electron chi connectivity index (χ1n) is 7.34. The summed E-state index contributed by atoms with van der Waals surface area (Å²) in [6.07, 6.45) is 1.86. The van der Waals surface area contributed by atoms with Gasteiger partial charge in [-0.15, -0.1) is 0 Å². The number of carbonyl (C=O) groups is 1. The molecule has 3 heterocycles. The Balaban J connectivity index is 1.47. The molecule has 0 bridgehead atoms. The van der Waals surface area contributed by atoms with E-state index >= 15 is 0 Å². The summed E-state index contributed by atoms with van der Waals surface area (Å²) in [6, 6.07) is 0.346. The largest absolute Gasteiger partial charge is 0.340 e. The van der Waals surface area contributed by atoms with Gasteiger partial charge >= 0.3 is 6.03 Å². The van der Waals surface area contributed by atoms with E-state index in [9.17, 15) is 4.79 Å². The van der Waals surface area contributed by atoms with Gasteiger partial charge in [-0.2, -0.15) is 11.8 Å². The Morgan fingerprint density at radius 1 is 1.24 bits per heavy atom. The Bertz CT molecular complexity index is 480. The van der Waals surface area contributed by atoms with Crippen LogP contribution in [0.25, 0.3) is 0 Å². The number of hydrogen-bond acceptors (Lipinski definition) is 6. The molecule has 21 heavy (non-hydrogen) atoms. The Morgan fingerprint density at radius 2 is 1.95 bits per heavy atom. The van der Waals surface area contributed by atoms with Crippen molar-refractivity contribution < 1.29 is 4.79 Å². The van der Waals surface area contributed by atoms with Crippen LogP contribution in [0.4, 0.5) is 10.7 Å². The van der Waals surface area contributed by atoms with Crippen molar-refractivity contribution in [2.45, 2.75) is 18.9 Å². The predicted octanol–water partition coefficient (Wildman–Crippen LogP) is -0.0627. The summed E-state index contributed by atoms with van der Waals surface area (Å²) >= 11 is 1.91. The molecule has 0 radical (unpaired) electrons. The SMILES string of the molecule is Cn1nnnc1N1CCC(NC(=O)N2CCSCC2)CC1. The second kappa shape index (κ2) is 6.50. The Labute approximate surface area is 128 Å². The van der Waals surface area contributed by atoms with Crippen LogP contribution >= 0.6 is 11.8 Å². The number of tetrazole rings is 1. The lowest BCUT2D eigenvalue weighted by atomic mass is 10.1. The van der Waals surface area contributed by atoms with Crippen LogP contribution in [0.3, 0.4) is 0 Å². The van der Waals surface area contributed by atoms with Crippen molar-refractivity contribution in [1.82, 2.24) is 30.4 Å². The summed E-state index contributed by atoms with van der Waals surface area (Å²) in [5.41, 5.74) is 0. The molecule has 0 atom stereocenters. The molecule has 2 saturated heterocycles. The zero-order valence-electron chi connectivity index (χ0n) is 12.2. The van der Waals surface area contributed by atoms with E-state index in [-0.39, 0.29) is 12.1 Å². The number of amides is 2. The Morgan fingerprint density at radius 3 is 2.57 bits per heavy atom. The van der Waals surface area contributed by atoms with Gasteiger partial charge in [0.25, 0.3) is 0 Å². The van der Waals surface area contributed by atoms with Crippen molar-refractivity contribution in [3.05, 3.63) is 0 Å². The average molecular weight is 311 g/mol. The first kappa shape index (κ1) is 14.4. The van der Waals surface area contributed by atoms with Crippen molar-refractivity contribution in [3.8, 4) is 0 Å². The summed E-state index contributed by atoms with van der Waals surface area (Å²) in [6.45, 7) is 3.46. The highest BCUT2D eigenvalue weighted by molar-refractivity contribution is 7.99. The molecule has 9 heteroatoms. The molecule has 2 aliphatic heterocycles. The van der Waals surface area contributed by atoms with Gasteiger partial charge in [-0.3, -0.25) is 0 Å². The quantitative estimate of drug-likeness (QED) is 0.824. The fourth-order valence-electron chi connectivity index (χ4n) is 2.75. The zero-order valence-corrected chi connectivity index (χ0v) is 13.1. The molecule has 2 fully saturated rings. The molecule has 3 rings (SSSR count). The van der Waals surface area contributed by atoms with Gasteiger partial charge in [0, 0.05) is 50.8 Å². The fraction of sp³-hybridized carbons (Fsp3) is 0.833. The predicted molar refractivity (Wildman–Crippen MR) is 81.5 cm³/mol. The van der Waals surface area contributed by atoms with Crippen LogP contribution in [0.5, 0.6) is 0 Å². The van der Waals surface area contributed by atoms with Crippen LogP contribution in [0.15, 0.2) is 0 Å². The molecule has 1 aromatic rings. The number of nitrogens with one attached hydrogen (secondary N) is 1. The van der Waals surface area contributed by atoms with Gasteiger partial charge in [-0.25, -0.2) is 9.48 Å².